The lowest BCUT2D eigenvalue weighted by atomic mass is 10.1. The molecular formula is C10H15N3O2. The maximum atomic E-state index is 9.74. The third-order valence-corrected chi connectivity index (χ3v) is 3.08. The van der Waals surface area contributed by atoms with Gasteiger partial charge < -0.3 is 9.84 Å². The van der Waals surface area contributed by atoms with Gasteiger partial charge in [0.1, 0.15) is 18.2 Å². The Hall–Kier alpha value is -0.940. The first-order valence-corrected chi connectivity index (χ1v) is 5.59. The minimum atomic E-state index is -0.489. The van der Waals surface area contributed by atoms with Gasteiger partial charge >= 0.3 is 0 Å². The normalized spacial score (nSPS) is 30.5. The Kier molecular flexibility index (Phi) is 2.21. The summed E-state index contributed by atoms with van der Waals surface area (Å²) in [5, 5.41) is 14.1. The van der Waals surface area contributed by atoms with Gasteiger partial charge in [-0.2, -0.15) is 5.10 Å². The van der Waals surface area contributed by atoms with E-state index < -0.39 is 6.23 Å². The van der Waals surface area contributed by atoms with Gasteiger partial charge in [-0.05, 0) is 25.7 Å². The van der Waals surface area contributed by atoms with Crippen molar-refractivity contribution in [1.82, 2.24) is 14.8 Å². The van der Waals surface area contributed by atoms with Crippen LogP contribution in [0.3, 0.4) is 0 Å². The van der Waals surface area contributed by atoms with Crippen LogP contribution in [0.15, 0.2) is 0 Å². The number of hydrogen-bond acceptors (Lipinski definition) is 4. The highest BCUT2D eigenvalue weighted by molar-refractivity contribution is 5.00. The van der Waals surface area contributed by atoms with Crippen molar-refractivity contribution >= 4 is 0 Å². The molecule has 3 rings (SSSR count). The van der Waals surface area contributed by atoms with Gasteiger partial charge in [-0.15, -0.1) is 0 Å². The van der Waals surface area contributed by atoms with Gasteiger partial charge in [0, 0.05) is 13.0 Å². The van der Waals surface area contributed by atoms with E-state index in [0.717, 1.165) is 50.4 Å². The fraction of sp³-hybridized carbons (Fsp3) is 0.800. The van der Waals surface area contributed by atoms with Gasteiger partial charge in [0.2, 0.25) is 0 Å². The molecule has 5 nitrogen and oxygen atoms in total. The number of aliphatic hydroxyl groups is 1. The van der Waals surface area contributed by atoms with Gasteiger partial charge in [0.25, 0.3) is 0 Å². The largest absolute Gasteiger partial charge is 0.372 e. The van der Waals surface area contributed by atoms with E-state index in [0.29, 0.717) is 0 Å². The number of aliphatic hydroxyl groups excluding tert-OH is 1. The lowest BCUT2D eigenvalue weighted by Gasteiger charge is -2.17. The highest BCUT2D eigenvalue weighted by Gasteiger charge is 2.27. The Morgan fingerprint density at radius 2 is 2.27 bits per heavy atom. The molecule has 0 spiro atoms. The summed E-state index contributed by atoms with van der Waals surface area (Å²) < 4.78 is 7.19. The maximum Gasteiger partial charge on any atom is 0.179 e. The zero-order valence-corrected chi connectivity index (χ0v) is 8.59. The number of rotatable bonds is 1. The van der Waals surface area contributed by atoms with Crippen molar-refractivity contribution in [2.45, 2.75) is 44.4 Å². The number of ether oxygens (including phenoxy) is 1. The summed E-state index contributed by atoms with van der Waals surface area (Å²) >= 11 is 0. The predicted octanol–water partition coefficient (Wildman–Crippen LogP) is 0.957. The van der Waals surface area contributed by atoms with Gasteiger partial charge in [-0.3, -0.25) is 0 Å². The molecule has 0 radical (unpaired) electrons. The second-order valence-electron chi connectivity index (χ2n) is 4.21. The average Bonchev–Trinajstić information content (AvgIpc) is 2.86. The topological polar surface area (TPSA) is 60.2 Å². The molecule has 2 unspecified atom stereocenters. The van der Waals surface area contributed by atoms with Crippen LogP contribution in [0.5, 0.6) is 0 Å². The van der Waals surface area contributed by atoms with E-state index >= 15 is 0 Å². The van der Waals surface area contributed by atoms with Crippen LogP contribution in [0, 0.1) is 0 Å². The second kappa shape index (κ2) is 3.57. The highest BCUT2D eigenvalue weighted by Crippen LogP contribution is 2.28. The number of aryl methyl sites for hydroxylation is 1. The Bertz CT molecular complexity index is 358. The van der Waals surface area contributed by atoms with Crippen LogP contribution in [-0.4, -0.2) is 26.5 Å². The van der Waals surface area contributed by atoms with Crippen LogP contribution in [0.2, 0.25) is 0 Å². The first-order valence-electron chi connectivity index (χ1n) is 5.59. The molecule has 0 aromatic carbocycles. The van der Waals surface area contributed by atoms with Crippen molar-refractivity contribution in [3.8, 4) is 0 Å². The quantitative estimate of drug-likeness (QED) is 0.748. The van der Waals surface area contributed by atoms with E-state index in [-0.39, 0.29) is 6.10 Å². The smallest absolute Gasteiger partial charge is 0.179 e. The Labute approximate surface area is 88.1 Å². The van der Waals surface area contributed by atoms with Gasteiger partial charge in [0.15, 0.2) is 5.82 Å². The molecule has 1 saturated heterocycles. The van der Waals surface area contributed by atoms with Crippen molar-refractivity contribution in [3.05, 3.63) is 11.6 Å². The molecule has 1 N–H and O–H groups in total. The number of fused-ring (bicyclic) bond motifs is 1. The Morgan fingerprint density at radius 1 is 1.33 bits per heavy atom. The molecule has 2 aliphatic heterocycles. The lowest BCUT2D eigenvalue weighted by Crippen LogP contribution is -2.18. The average molecular weight is 209 g/mol. The molecule has 2 atom stereocenters. The first kappa shape index (κ1) is 9.30. The van der Waals surface area contributed by atoms with Crippen molar-refractivity contribution in [2.24, 2.45) is 0 Å². The third-order valence-electron chi connectivity index (χ3n) is 3.08. The van der Waals surface area contributed by atoms with Crippen molar-refractivity contribution in [1.29, 1.82) is 0 Å². The predicted molar refractivity (Wildman–Crippen MR) is 52.1 cm³/mol. The van der Waals surface area contributed by atoms with E-state index in [1.165, 1.54) is 0 Å². The molecule has 0 aliphatic carbocycles. The van der Waals surface area contributed by atoms with E-state index in [1.54, 1.807) is 4.68 Å². The fourth-order valence-electron chi connectivity index (χ4n) is 2.27. The van der Waals surface area contributed by atoms with E-state index in [9.17, 15) is 5.11 Å². The van der Waals surface area contributed by atoms with Crippen LogP contribution in [0.4, 0.5) is 0 Å². The molecule has 0 amide bonds. The van der Waals surface area contributed by atoms with Crippen LogP contribution in [-0.2, 0) is 11.2 Å². The van der Waals surface area contributed by atoms with Crippen LogP contribution < -0.4 is 0 Å². The van der Waals surface area contributed by atoms with Crippen molar-refractivity contribution < 1.29 is 9.84 Å². The minimum Gasteiger partial charge on any atom is -0.372 e. The third kappa shape index (κ3) is 1.55. The molecule has 1 aromatic rings. The lowest BCUT2D eigenvalue weighted by molar-refractivity contribution is 0.0619. The van der Waals surface area contributed by atoms with Crippen molar-refractivity contribution in [2.75, 3.05) is 6.61 Å². The Morgan fingerprint density at radius 3 is 3.00 bits per heavy atom. The molecule has 2 aliphatic rings. The van der Waals surface area contributed by atoms with Crippen LogP contribution in [0.1, 0.15) is 49.7 Å². The summed E-state index contributed by atoms with van der Waals surface area (Å²) in [6.45, 7) is 0.803. The van der Waals surface area contributed by atoms with Crippen LogP contribution in [0.25, 0.3) is 0 Å². The molecule has 0 bridgehead atoms. The SMILES string of the molecule is OC1CCCc2nc(C3CCCO3)nn21. The first-order chi connectivity index (χ1) is 7.34. The van der Waals surface area contributed by atoms with Gasteiger partial charge in [0.05, 0.1) is 0 Å². The van der Waals surface area contributed by atoms with Gasteiger partial charge in [-0.1, -0.05) is 0 Å². The summed E-state index contributed by atoms with van der Waals surface area (Å²) in [6.07, 6.45) is 4.33. The van der Waals surface area contributed by atoms with E-state index in [4.69, 9.17) is 4.74 Å². The summed E-state index contributed by atoms with van der Waals surface area (Å²) in [7, 11) is 0. The minimum absolute atomic E-state index is 0.0512. The molecule has 3 heterocycles. The standard InChI is InChI=1S/C10H15N3O2/c14-9-5-1-4-8-11-10(12-13(8)9)7-3-2-6-15-7/h7,9,14H,1-6H2. The molecule has 0 saturated carbocycles. The Balaban J connectivity index is 1.90. The number of hydrogen-bond donors (Lipinski definition) is 1. The van der Waals surface area contributed by atoms with Crippen LogP contribution >= 0.6 is 0 Å². The maximum absolute atomic E-state index is 9.74. The summed E-state index contributed by atoms with van der Waals surface area (Å²) in [4.78, 5) is 4.45. The number of nitrogens with zero attached hydrogens (tertiary/aromatic N) is 3. The molecule has 5 heteroatoms. The van der Waals surface area contributed by atoms with Gasteiger partial charge in [-0.25, -0.2) is 9.67 Å². The van der Waals surface area contributed by atoms with Crippen molar-refractivity contribution in [3.63, 3.8) is 0 Å². The molecule has 1 aromatic heterocycles. The second-order valence-corrected chi connectivity index (χ2v) is 4.21. The summed E-state index contributed by atoms with van der Waals surface area (Å²) in [5.41, 5.74) is 0. The zero-order valence-electron chi connectivity index (χ0n) is 8.59. The molecule has 15 heavy (non-hydrogen) atoms. The summed E-state index contributed by atoms with van der Waals surface area (Å²) in [5.74, 6) is 1.66. The molecular weight excluding hydrogens is 194 g/mol. The highest BCUT2D eigenvalue weighted by atomic mass is 16.5. The zero-order chi connectivity index (χ0) is 10.3. The fourth-order valence-corrected chi connectivity index (χ4v) is 2.27. The van der Waals surface area contributed by atoms with E-state index in [2.05, 4.69) is 10.1 Å². The van der Waals surface area contributed by atoms with E-state index in [1.807, 2.05) is 0 Å². The monoisotopic (exact) mass is 209 g/mol. The summed E-state index contributed by atoms with van der Waals surface area (Å²) in [6, 6.07) is 0. The molecule has 82 valence electrons. The number of aromatic nitrogens is 3. The molecule has 1 fully saturated rings.